The normalized spacial score (nSPS) is 30.0. The molecule has 45 heavy (non-hydrogen) atoms. The highest BCUT2D eigenvalue weighted by Crippen LogP contribution is 2.44. The number of nitrogens with one attached hydrogen (secondary N) is 2. The number of allylic oxidation sites excluding steroid dienone is 2. The van der Waals surface area contributed by atoms with E-state index in [2.05, 4.69) is 35.8 Å². The van der Waals surface area contributed by atoms with Crippen molar-refractivity contribution < 1.29 is 23.9 Å². The Balaban J connectivity index is 1.18. The molecule has 3 fully saturated rings. The number of rotatable bonds is 11. The van der Waals surface area contributed by atoms with Crippen molar-refractivity contribution in [3.8, 4) is 5.75 Å². The average molecular weight is 619 g/mol. The standard InChI is InChI=1S/C36H50N4O5/c1-5-7-10-19-39-29-21-28(15-16-30(29)45-35(3,4)34(39)43)40(27-13-14-27)33(42)25-20-24(22-37-23-25)32(41)38-31-17-12-26-11-8-9-18-36(26,31)44-6-2/h8-9,11,15-16,18,21,24-27,31,37H,5-7,10,12-14,17,19-20,22-23H2,1-4H3,(H,38,41)/t24-,25+,26?,31+,36?/m0/s1. The summed E-state index contributed by atoms with van der Waals surface area (Å²) in [5, 5.41) is 6.73. The van der Waals surface area contributed by atoms with Crippen LogP contribution in [-0.4, -0.2) is 67.2 Å². The molecule has 9 heteroatoms. The second-order valence-electron chi connectivity index (χ2n) is 13.9. The summed E-state index contributed by atoms with van der Waals surface area (Å²) in [6, 6.07) is 5.84. The van der Waals surface area contributed by atoms with Crippen LogP contribution >= 0.6 is 0 Å². The zero-order chi connectivity index (χ0) is 31.8. The lowest BCUT2D eigenvalue weighted by molar-refractivity contribution is -0.133. The fraction of sp³-hybridized carbons (Fsp3) is 0.639. The van der Waals surface area contributed by atoms with Gasteiger partial charge < -0.3 is 29.9 Å². The number of unbranched alkanes of at least 4 members (excludes halogenated alkanes) is 2. The van der Waals surface area contributed by atoms with Gasteiger partial charge in [-0.2, -0.15) is 0 Å². The number of piperidine rings is 1. The third kappa shape index (κ3) is 6.18. The van der Waals surface area contributed by atoms with E-state index in [9.17, 15) is 14.4 Å². The molecule has 5 atom stereocenters. The second kappa shape index (κ2) is 12.9. The summed E-state index contributed by atoms with van der Waals surface area (Å²) in [6.07, 6.45) is 15.6. The van der Waals surface area contributed by atoms with Crippen LogP contribution in [0.1, 0.15) is 79.1 Å². The Bertz CT molecular complexity index is 1350. The summed E-state index contributed by atoms with van der Waals surface area (Å²) in [4.78, 5) is 45.1. The molecule has 3 amide bonds. The smallest absolute Gasteiger partial charge is 0.270 e. The lowest BCUT2D eigenvalue weighted by Gasteiger charge is -2.40. The summed E-state index contributed by atoms with van der Waals surface area (Å²) < 4.78 is 12.4. The summed E-state index contributed by atoms with van der Waals surface area (Å²) >= 11 is 0. The first-order chi connectivity index (χ1) is 21.7. The number of anilines is 2. The molecule has 2 unspecified atom stereocenters. The Hall–Kier alpha value is -3.17. The van der Waals surface area contributed by atoms with Crippen molar-refractivity contribution in [2.24, 2.45) is 17.8 Å². The van der Waals surface area contributed by atoms with Crippen molar-refractivity contribution in [2.45, 2.75) is 102 Å². The Kier molecular flexibility index (Phi) is 9.12. The third-order valence-corrected chi connectivity index (χ3v) is 10.3. The number of nitrogens with zero attached hydrogens (tertiary/aromatic N) is 2. The van der Waals surface area contributed by atoms with Gasteiger partial charge in [0.05, 0.1) is 23.6 Å². The number of amides is 3. The van der Waals surface area contributed by atoms with Crippen molar-refractivity contribution in [1.82, 2.24) is 10.6 Å². The minimum atomic E-state index is -0.943. The van der Waals surface area contributed by atoms with E-state index in [4.69, 9.17) is 9.47 Å². The Morgan fingerprint density at radius 1 is 1.09 bits per heavy atom. The molecule has 244 valence electrons. The fourth-order valence-electron chi connectivity index (χ4n) is 7.75. The Labute approximate surface area is 267 Å². The zero-order valence-electron chi connectivity index (χ0n) is 27.3. The summed E-state index contributed by atoms with van der Waals surface area (Å²) in [6.45, 7) is 10.1. The molecule has 0 spiro atoms. The van der Waals surface area contributed by atoms with Crippen LogP contribution in [0.2, 0.25) is 0 Å². The number of hydrogen-bond acceptors (Lipinski definition) is 6. The van der Waals surface area contributed by atoms with Crippen molar-refractivity contribution in [3.05, 3.63) is 42.5 Å². The predicted molar refractivity (Wildman–Crippen MR) is 175 cm³/mol. The van der Waals surface area contributed by atoms with Gasteiger partial charge >= 0.3 is 0 Å². The molecule has 9 nitrogen and oxygen atoms in total. The molecular formula is C36H50N4O5. The molecule has 1 aromatic rings. The van der Waals surface area contributed by atoms with Crippen LogP contribution in [0.5, 0.6) is 5.75 Å². The Morgan fingerprint density at radius 2 is 1.89 bits per heavy atom. The maximum Gasteiger partial charge on any atom is 0.270 e. The van der Waals surface area contributed by atoms with Gasteiger partial charge in [-0.1, -0.05) is 44.1 Å². The van der Waals surface area contributed by atoms with Crippen LogP contribution in [-0.2, 0) is 19.1 Å². The molecule has 0 radical (unpaired) electrons. The van der Waals surface area contributed by atoms with E-state index in [0.717, 1.165) is 56.3 Å². The molecule has 0 bridgehead atoms. The van der Waals surface area contributed by atoms with Gasteiger partial charge in [-0.3, -0.25) is 14.4 Å². The third-order valence-electron chi connectivity index (χ3n) is 10.3. The van der Waals surface area contributed by atoms with Gasteiger partial charge in [-0.05, 0) is 77.5 Å². The van der Waals surface area contributed by atoms with E-state index < -0.39 is 11.2 Å². The first-order valence-corrected chi connectivity index (χ1v) is 17.2. The van der Waals surface area contributed by atoms with Gasteiger partial charge in [0.1, 0.15) is 11.4 Å². The number of hydrogen-bond donors (Lipinski definition) is 2. The van der Waals surface area contributed by atoms with Crippen LogP contribution in [0.4, 0.5) is 11.4 Å². The highest BCUT2D eigenvalue weighted by Gasteiger charge is 2.50. The number of fused-ring (bicyclic) bond motifs is 2. The van der Waals surface area contributed by atoms with Crippen molar-refractivity contribution in [1.29, 1.82) is 0 Å². The van der Waals surface area contributed by atoms with Gasteiger partial charge in [0.2, 0.25) is 11.8 Å². The molecule has 2 N–H and O–H groups in total. The molecule has 6 rings (SSSR count). The lowest BCUT2D eigenvalue weighted by atomic mass is 9.83. The SMILES string of the molecule is CCCCCN1C(=O)C(C)(C)Oc2ccc(N(C(=O)[C@H]3CNC[C@@H](C(=O)N[C@@H]4CCC5C=CC=CC54OCC)C3)C3CC3)cc21. The van der Waals surface area contributed by atoms with E-state index in [1.165, 1.54) is 0 Å². The first kappa shape index (κ1) is 31.8. The minimum absolute atomic E-state index is 0.0135. The molecule has 5 aliphatic rings. The summed E-state index contributed by atoms with van der Waals surface area (Å²) in [5.74, 6) is 0.262. The fourth-order valence-corrected chi connectivity index (χ4v) is 7.75. The summed E-state index contributed by atoms with van der Waals surface area (Å²) in [7, 11) is 0. The van der Waals surface area contributed by atoms with E-state index in [1.807, 2.05) is 54.8 Å². The van der Waals surface area contributed by atoms with Crippen LogP contribution in [0, 0.1) is 17.8 Å². The molecule has 1 aromatic carbocycles. The van der Waals surface area contributed by atoms with E-state index in [0.29, 0.717) is 38.4 Å². The van der Waals surface area contributed by atoms with Crippen LogP contribution in [0.3, 0.4) is 0 Å². The highest BCUT2D eigenvalue weighted by atomic mass is 16.5. The van der Waals surface area contributed by atoms with Gasteiger partial charge in [0.15, 0.2) is 5.60 Å². The first-order valence-electron chi connectivity index (χ1n) is 17.2. The molecule has 3 aliphatic carbocycles. The zero-order valence-corrected chi connectivity index (χ0v) is 27.3. The van der Waals surface area contributed by atoms with Gasteiger partial charge in [-0.15, -0.1) is 0 Å². The lowest BCUT2D eigenvalue weighted by Crippen LogP contribution is -2.56. The molecule has 2 saturated carbocycles. The maximum atomic E-state index is 14.3. The highest BCUT2D eigenvalue weighted by molar-refractivity contribution is 6.04. The van der Waals surface area contributed by atoms with Crippen molar-refractivity contribution in [3.63, 3.8) is 0 Å². The van der Waals surface area contributed by atoms with Crippen LogP contribution in [0.25, 0.3) is 0 Å². The van der Waals surface area contributed by atoms with Gasteiger partial charge in [-0.25, -0.2) is 0 Å². The van der Waals surface area contributed by atoms with E-state index in [1.54, 1.807) is 0 Å². The van der Waals surface area contributed by atoms with Crippen molar-refractivity contribution in [2.75, 3.05) is 36.0 Å². The maximum absolute atomic E-state index is 14.3. The monoisotopic (exact) mass is 618 g/mol. The van der Waals surface area contributed by atoms with Crippen LogP contribution < -0.4 is 25.2 Å². The van der Waals surface area contributed by atoms with E-state index in [-0.39, 0.29) is 47.6 Å². The van der Waals surface area contributed by atoms with Gasteiger partial charge in [0.25, 0.3) is 5.91 Å². The largest absolute Gasteiger partial charge is 0.476 e. The van der Waals surface area contributed by atoms with Crippen molar-refractivity contribution >= 4 is 29.1 Å². The average Bonchev–Trinajstić information content (AvgIpc) is 3.81. The van der Waals surface area contributed by atoms with Crippen LogP contribution in [0.15, 0.2) is 42.5 Å². The molecule has 2 heterocycles. The van der Waals surface area contributed by atoms with E-state index >= 15 is 0 Å². The molecule has 1 saturated heterocycles. The second-order valence-corrected chi connectivity index (χ2v) is 13.9. The number of benzene rings is 1. The molecule has 2 aliphatic heterocycles. The predicted octanol–water partition coefficient (Wildman–Crippen LogP) is 4.90. The number of carbonyl (C=O) groups excluding carboxylic acids is 3. The number of ether oxygens (including phenoxy) is 2. The topological polar surface area (TPSA) is 100 Å². The number of carbonyl (C=O) groups is 3. The Morgan fingerprint density at radius 3 is 2.64 bits per heavy atom. The van der Waals surface area contributed by atoms with Gasteiger partial charge in [0, 0.05) is 43.9 Å². The molecule has 0 aromatic heterocycles. The quantitative estimate of drug-likeness (QED) is 0.343. The molecular weight excluding hydrogens is 568 g/mol. The summed E-state index contributed by atoms with van der Waals surface area (Å²) in [5.41, 5.74) is 0.0744. The minimum Gasteiger partial charge on any atom is -0.476 e.